The zero-order chi connectivity index (χ0) is 16.6. The summed E-state index contributed by atoms with van der Waals surface area (Å²) in [6.07, 6.45) is 0. The van der Waals surface area contributed by atoms with E-state index in [4.69, 9.17) is 11.6 Å². The maximum Gasteiger partial charge on any atom is 0.264 e. The summed E-state index contributed by atoms with van der Waals surface area (Å²) in [4.78, 5) is 12.1. The van der Waals surface area contributed by atoms with Gasteiger partial charge in [0.15, 0.2) is 0 Å². The van der Waals surface area contributed by atoms with Crippen LogP contribution in [0.1, 0.15) is 10.4 Å². The topological polar surface area (TPSA) is 54.5 Å². The number of nitrogens with zero attached hydrogens (tertiary/aromatic N) is 1. The van der Waals surface area contributed by atoms with E-state index in [1.54, 1.807) is 12.1 Å². The fourth-order valence-electron chi connectivity index (χ4n) is 2.30. The molecule has 120 valence electrons. The lowest BCUT2D eigenvalue weighted by molar-refractivity contribution is 0.108. The maximum atomic E-state index is 13.0. The molecule has 0 atom stereocenters. The molecule has 0 spiro atoms. The van der Waals surface area contributed by atoms with Crippen molar-refractivity contribution < 1.29 is 17.6 Å². The van der Waals surface area contributed by atoms with Crippen LogP contribution in [0.25, 0.3) is 0 Å². The average Bonchev–Trinajstić information content (AvgIpc) is 2.54. The summed E-state index contributed by atoms with van der Waals surface area (Å²) in [5.74, 6) is 0.0790. The molecule has 4 nitrogen and oxygen atoms in total. The second-order valence-electron chi connectivity index (χ2n) is 4.84. The Morgan fingerprint density at radius 3 is 2.52 bits per heavy atom. The van der Waals surface area contributed by atoms with Crippen LogP contribution in [-0.2, 0) is 10.0 Å². The molecule has 0 saturated heterocycles. The second kappa shape index (κ2) is 6.14. The van der Waals surface area contributed by atoms with Gasteiger partial charge in [-0.15, -0.1) is 11.8 Å². The van der Waals surface area contributed by atoms with Gasteiger partial charge in [0.05, 0.1) is 10.6 Å². The Balaban J connectivity index is 2.10. The first-order valence-corrected chi connectivity index (χ1v) is 9.45. The van der Waals surface area contributed by atoms with Gasteiger partial charge in [-0.25, -0.2) is 12.8 Å². The van der Waals surface area contributed by atoms with Gasteiger partial charge in [0.1, 0.15) is 5.82 Å². The third kappa shape index (κ3) is 3.08. The van der Waals surface area contributed by atoms with E-state index in [-0.39, 0.29) is 17.0 Å². The molecule has 0 aromatic heterocycles. The number of benzene rings is 2. The molecular formula is C15H11ClFNO3S2. The molecule has 23 heavy (non-hydrogen) atoms. The van der Waals surface area contributed by atoms with E-state index in [9.17, 15) is 17.6 Å². The van der Waals surface area contributed by atoms with E-state index in [1.807, 2.05) is 0 Å². The lowest BCUT2D eigenvalue weighted by Gasteiger charge is -2.30. The number of rotatable bonds is 3. The molecule has 2 aromatic rings. The third-order valence-electron chi connectivity index (χ3n) is 3.41. The van der Waals surface area contributed by atoms with Crippen molar-refractivity contribution in [2.45, 2.75) is 9.79 Å². The summed E-state index contributed by atoms with van der Waals surface area (Å²) in [5.41, 5.74) is 0.643. The summed E-state index contributed by atoms with van der Waals surface area (Å²) in [6.45, 7) is 0.261. The predicted molar refractivity (Wildman–Crippen MR) is 88.3 cm³/mol. The van der Waals surface area contributed by atoms with Crippen LogP contribution in [0.3, 0.4) is 0 Å². The standard InChI is InChI=1S/C15H11ClFNO3S2/c16-15(19)10-1-6-14-13(9-10)18(7-8-22-14)23(20,21)12-4-2-11(17)3-5-12/h1-6,9H,7-8H2. The van der Waals surface area contributed by atoms with Crippen molar-refractivity contribution in [3.05, 3.63) is 53.8 Å². The third-order valence-corrected chi connectivity index (χ3v) is 6.50. The van der Waals surface area contributed by atoms with Crippen molar-refractivity contribution in [2.75, 3.05) is 16.6 Å². The summed E-state index contributed by atoms with van der Waals surface area (Å²) in [6, 6.07) is 9.37. The van der Waals surface area contributed by atoms with Crippen LogP contribution in [0.5, 0.6) is 0 Å². The van der Waals surface area contributed by atoms with Crippen molar-refractivity contribution >= 4 is 44.3 Å². The highest BCUT2D eigenvalue weighted by molar-refractivity contribution is 8.00. The molecule has 8 heteroatoms. The SMILES string of the molecule is O=C(Cl)c1ccc2c(c1)N(S(=O)(=O)c1ccc(F)cc1)CCS2. The normalized spacial score (nSPS) is 14.4. The molecule has 0 unspecified atom stereocenters. The zero-order valence-corrected chi connectivity index (χ0v) is 14.1. The Morgan fingerprint density at radius 1 is 1.17 bits per heavy atom. The number of fused-ring (bicyclic) bond motifs is 1. The minimum Gasteiger partial charge on any atom is -0.276 e. The van der Waals surface area contributed by atoms with Gasteiger partial charge in [-0.1, -0.05) is 0 Å². The van der Waals surface area contributed by atoms with Crippen LogP contribution < -0.4 is 4.31 Å². The van der Waals surface area contributed by atoms with Gasteiger partial charge >= 0.3 is 0 Å². The molecule has 1 aliphatic heterocycles. The van der Waals surface area contributed by atoms with Crippen molar-refractivity contribution in [2.24, 2.45) is 0 Å². The molecule has 0 amide bonds. The first-order chi connectivity index (χ1) is 10.9. The summed E-state index contributed by atoms with van der Waals surface area (Å²) in [7, 11) is -3.84. The van der Waals surface area contributed by atoms with Gasteiger partial charge in [0.2, 0.25) is 0 Å². The molecule has 0 bridgehead atoms. The van der Waals surface area contributed by atoms with E-state index >= 15 is 0 Å². The molecule has 1 heterocycles. The number of carbonyl (C=O) groups is 1. The fourth-order valence-corrected chi connectivity index (χ4v) is 5.04. The lowest BCUT2D eigenvalue weighted by atomic mass is 10.2. The largest absolute Gasteiger partial charge is 0.276 e. The minimum atomic E-state index is -3.84. The highest BCUT2D eigenvalue weighted by Crippen LogP contribution is 2.38. The number of hydrogen-bond donors (Lipinski definition) is 0. The molecule has 0 radical (unpaired) electrons. The first-order valence-electron chi connectivity index (χ1n) is 6.64. The molecule has 0 fully saturated rings. The Hall–Kier alpha value is -1.57. The molecule has 1 aliphatic rings. The Kier molecular flexibility index (Phi) is 4.35. The van der Waals surface area contributed by atoms with E-state index in [2.05, 4.69) is 0 Å². The van der Waals surface area contributed by atoms with E-state index in [0.29, 0.717) is 11.4 Å². The molecule has 0 saturated carbocycles. The highest BCUT2D eigenvalue weighted by atomic mass is 35.5. The Bertz CT molecular complexity index is 869. The van der Waals surface area contributed by atoms with E-state index in [0.717, 1.165) is 17.0 Å². The van der Waals surface area contributed by atoms with Crippen LogP contribution >= 0.6 is 23.4 Å². The number of anilines is 1. The van der Waals surface area contributed by atoms with Crippen LogP contribution in [0.2, 0.25) is 0 Å². The zero-order valence-electron chi connectivity index (χ0n) is 11.7. The lowest BCUT2D eigenvalue weighted by Crippen LogP contribution is -2.35. The van der Waals surface area contributed by atoms with Crippen LogP contribution in [0.15, 0.2) is 52.3 Å². The van der Waals surface area contributed by atoms with Crippen LogP contribution in [0.4, 0.5) is 10.1 Å². The number of halogens is 2. The van der Waals surface area contributed by atoms with Gasteiger partial charge in [-0.05, 0) is 54.1 Å². The van der Waals surface area contributed by atoms with Gasteiger partial charge in [0, 0.05) is 22.8 Å². The van der Waals surface area contributed by atoms with Gasteiger partial charge in [-0.2, -0.15) is 0 Å². The summed E-state index contributed by atoms with van der Waals surface area (Å²) < 4.78 is 39.9. The number of sulfonamides is 1. The van der Waals surface area contributed by atoms with Crippen molar-refractivity contribution in [1.29, 1.82) is 0 Å². The second-order valence-corrected chi connectivity index (χ2v) is 8.18. The minimum absolute atomic E-state index is 0.000599. The number of thioether (sulfide) groups is 1. The Morgan fingerprint density at radius 2 is 1.87 bits per heavy atom. The predicted octanol–water partition coefficient (Wildman–Crippen LogP) is 3.51. The van der Waals surface area contributed by atoms with Crippen molar-refractivity contribution in [1.82, 2.24) is 0 Å². The van der Waals surface area contributed by atoms with Crippen LogP contribution in [-0.4, -0.2) is 26.0 Å². The molecular weight excluding hydrogens is 361 g/mol. The quantitative estimate of drug-likeness (QED) is 0.775. The smallest absolute Gasteiger partial charge is 0.264 e. The Labute approximate surface area is 142 Å². The molecule has 3 rings (SSSR count). The average molecular weight is 372 g/mol. The summed E-state index contributed by atoms with van der Waals surface area (Å²) in [5, 5.41) is -0.650. The molecule has 0 N–H and O–H groups in total. The van der Waals surface area contributed by atoms with E-state index < -0.39 is 21.1 Å². The van der Waals surface area contributed by atoms with Crippen LogP contribution in [0, 0.1) is 5.82 Å². The molecule has 0 aliphatic carbocycles. The van der Waals surface area contributed by atoms with Gasteiger partial charge in [0.25, 0.3) is 15.3 Å². The van der Waals surface area contributed by atoms with Gasteiger partial charge in [-0.3, -0.25) is 9.10 Å². The monoisotopic (exact) mass is 371 g/mol. The highest BCUT2D eigenvalue weighted by Gasteiger charge is 2.30. The van der Waals surface area contributed by atoms with Gasteiger partial charge < -0.3 is 0 Å². The first kappa shape index (κ1) is 16.3. The summed E-state index contributed by atoms with van der Waals surface area (Å²) >= 11 is 6.99. The number of hydrogen-bond acceptors (Lipinski definition) is 4. The van der Waals surface area contributed by atoms with Crippen molar-refractivity contribution in [3.8, 4) is 0 Å². The van der Waals surface area contributed by atoms with E-state index in [1.165, 1.54) is 34.3 Å². The fraction of sp³-hybridized carbons (Fsp3) is 0.133. The van der Waals surface area contributed by atoms with Crippen molar-refractivity contribution in [3.63, 3.8) is 0 Å². The maximum absolute atomic E-state index is 13.0. The molecule has 2 aromatic carbocycles. The number of carbonyl (C=O) groups excluding carboxylic acids is 1.